The van der Waals surface area contributed by atoms with Gasteiger partial charge in [-0.1, -0.05) is 26.0 Å². The predicted octanol–water partition coefficient (Wildman–Crippen LogP) is 2.82. The van der Waals surface area contributed by atoms with Gasteiger partial charge in [0.1, 0.15) is 0 Å². The second-order valence-corrected chi connectivity index (χ2v) is 4.19. The molecule has 0 bridgehead atoms. The van der Waals surface area contributed by atoms with Gasteiger partial charge < -0.3 is 10.2 Å². The van der Waals surface area contributed by atoms with Crippen molar-refractivity contribution in [3.05, 3.63) is 24.3 Å². The summed E-state index contributed by atoms with van der Waals surface area (Å²) in [6.45, 7) is 5.45. The highest BCUT2D eigenvalue weighted by atomic mass is 15.1. The molecule has 0 unspecified atom stereocenters. The zero-order valence-corrected chi connectivity index (χ0v) is 9.54. The van der Waals surface area contributed by atoms with Crippen molar-refractivity contribution >= 4 is 11.4 Å². The molecule has 0 heterocycles. The SMILES string of the molecule is CC(C)CNc1ccccc1N(C)C. The number of para-hydroxylation sites is 2. The maximum Gasteiger partial charge on any atom is 0.0596 e. The summed E-state index contributed by atoms with van der Waals surface area (Å²) in [5.41, 5.74) is 2.46. The molecule has 0 aromatic heterocycles. The van der Waals surface area contributed by atoms with Crippen LogP contribution < -0.4 is 10.2 Å². The Hall–Kier alpha value is -1.18. The molecule has 0 fully saturated rings. The Morgan fingerprint density at radius 2 is 1.86 bits per heavy atom. The van der Waals surface area contributed by atoms with Gasteiger partial charge in [0, 0.05) is 20.6 Å². The van der Waals surface area contributed by atoms with Crippen molar-refractivity contribution in [3.63, 3.8) is 0 Å². The number of nitrogens with zero attached hydrogens (tertiary/aromatic N) is 1. The molecule has 0 saturated carbocycles. The summed E-state index contributed by atoms with van der Waals surface area (Å²) >= 11 is 0. The molecule has 0 aliphatic carbocycles. The molecule has 78 valence electrons. The van der Waals surface area contributed by atoms with Gasteiger partial charge in [0.05, 0.1) is 11.4 Å². The van der Waals surface area contributed by atoms with Crippen molar-refractivity contribution in [2.45, 2.75) is 13.8 Å². The number of benzene rings is 1. The number of rotatable bonds is 4. The Morgan fingerprint density at radius 1 is 1.21 bits per heavy atom. The van der Waals surface area contributed by atoms with Crippen molar-refractivity contribution in [3.8, 4) is 0 Å². The second kappa shape index (κ2) is 4.89. The maximum atomic E-state index is 3.45. The zero-order valence-electron chi connectivity index (χ0n) is 9.54. The second-order valence-electron chi connectivity index (χ2n) is 4.19. The summed E-state index contributed by atoms with van der Waals surface area (Å²) < 4.78 is 0. The molecule has 1 N–H and O–H groups in total. The van der Waals surface area contributed by atoms with Crippen LogP contribution in [0.5, 0.6) is 0 Å². The molecule has 0 aliphatic heterocycles. The Labute approximate surface area is 86.9 Å². The van der Waals surface area contributed by atoms with Gasteiger partial charge in [-0.3, -0.25) is 0 Å². The minimum absolute atomic E-state index is 0.671. The normalized spacial score (nSPS) is 10.4. The molecule has 1 rings (SSSR count). The van der Waals surface area contributed by atoms with Crippen molar-refractivity contribution in [1.29, 1.82) is 0 Å². The lowest BCUT2D eigenvalue weighted by atomic mass is 10.2. The van der Waals surface area contributed by atoms with E-state index in [1.165, 1.54) is 11.4 Å². The third-order valence-corrected chi connectivity index (χ3v) is 2.09. The third kappa shape index (κ3) is 2.95. The molecule has 2 nitrogen and oxygen atoms in total. The van der Waals surface area contributed by atoms with Crippen LogP contribution in [0.15, 0.2) is 24.3 Å². The van der Waals surface area contributed by atoms with Crippen LogP contribution in [0.1, 0.15) is 13.8 Å². The topological polar surface area (TPSA) is 15.3 Å². The highest BCUT2D eigenvalue weighted by molar-refractivity contribution is 5.69. The van der Waals surface area contributed by atoms with E-state index >= 15 is 0 Å². The fraction of sp³-hybridized carbons (Fsp3) is 0.500. The molecule has 0 aliphatic rings. The lowest BCUT2D eigenvalue weighted by Crippen LogP contribution is -2.14. The summed E-state index contributed by atoms with van der Waals surface area (Å²) in [5.74, 6) is 0.671. The number of hydrogen-bond donors (Lipinski definition) is 1. The van der Waals surface area contributed by atoms with Gasteiger partial charge in [0.2, 0.25) is 0 Å². The minimum atomic E-state index is 0.671. The van der Waals surface area contributed by atoms with E-state index in [1.807, 2.05) is 0 Å². The molecule has 0 saturated heterocycles. The van der Waals surface area contributed by atoms with Gasteiger partial charge in [-0.15, -0.1) is 0 Å². The van der Waals surface area contributed by atoms with E-state index in [2.05, 4.69) is 62.4 Å². The smallest absolute Gasteiger partial charge is 0.0596 e. The van der Waals surface area contributed by atoms with E-state index in [0.29, 0.717) is 5.92 Å². The highest BCUT2D eigenvalue weighted by Gasteiger charge is 2.02. The largest absolute Gasteiger partial charge is 0.383 e. The van der Waals surface area contributed by atoms with Gasteiger partial charge in [-0.2, -0.15) is 0 Å². The first kappa shape index (κ1) is 10.9. The first-order valence-electron chi connectivity index (χ1n) is 5.11. The Bertz CT molecular complexity index is 279. The standard InChI is InChI=1S/C12H20N2/c1-10(2)9-13-11-7-5-6-8-12(11)14(3)4/h5-8,10,13H,9H2,1-4H3. The lowest BCUT2D eigenvalue weighted by Gasteiger charge is -2.19. The van der Waals surface area contributed by atoms with E-state index < -0.39 is 0 Å². The maximum absolute atomic E-state index is 3.45. The summed E-state index contributed by atoms with van der Waals surface area (Å²) in [5, 5.41) is 3.45. The average molecular weight is 192 g/mol. The van der Waals surface area contributed by atoms with Crippen molar-refractivity contribution in [1.82, 2.24) is 0 Å². The van der Waals surface area contributed by atoms with Crippen molar-refractivity contribution < 1.29 is 0 Å². The van der Waals surface area contributed by atoms with Crippen LogP contribution in [0.25, 0.3) is 0 Å². The van der Waals surface area contributed by atoms with Gasteiger partial charge >= 0.3 is 0 Å². The van der Waals surface area contributed by atoms with Crippen LogP contribution in [0, 0.1) is 5.92 Å². The number of nitrogens with one attached hydrogen (secondary N) is 1. The summed E-state index contributed by atoms with van der Waals surface area (Å²) in [6.07, 6.45) is 0. The molecular formula is C12H20N2. The Kier molecular flexibility index (Phi) is 3.81. The summed E-state index contributed by atoms with van der Waals surface area (Å²) in [7, 11) is 4.13. The molecule has 14 heavy (non-hydrogen) atoms. The number of hydrogen-bond acceptors (Lipinski definition) is 2. The monoisotopic (exact) mass is 192 g/mol. The van der Waals surface area contributed by atoms with E-state index in [9.17, 15) is 0 Å². The fourth-order valence-electron chi connectivity index (χ4n) is 1.33. The molecule has 2 heteroatoms. The van der Waals surface area contributed by atoms with Gasteiger partial charge in [-0.25, -0.2) is 0 Å². The van der Waals surface area contributed by atoms with Crippen LogP contribution in [-0.2, 0) is 0 Å². The van der Waals surface area contributed by atoms with Crippen LogP contribution in [0.3, 0.4) is 0 Å². The van der Waals surface area contributed by atoms with Gasteiger partial charge in [-0.05, 0) is 18.1 Å². The molecule has 0 radical (unpaired) electrons. The van der Waals surface area contributed by atoms with Crippen LogP contribution in [0.2, 0.25) is 0 Å². The van der Waals surface area contributed by atoms with Crippen LogP contribution in [-0.4, -0.2) is 20.6 Å². The fourth-order valence-corrected chi connectivity index (χ4v) is 1.33. The Balaban J connectivity index is 2.74. The molecule has 0 amide bonds. The lowest BCUT2D eigenvalue weighted by molar-refractivity contribution is 0.689. The third-order valence-electron chi connectivity index (χ3n) is 2.09. The molecule has 1 aromatic rings. The highest BCUT2D eigenvalue weighted by Crippen LogP contribution is 2.23. The van der Waals surface area contributed by atoms with E-state index in [1.54, 1.807) is 0 Å². The van der Waals surface area contributed by atoms with E-state index in [4.69, 9.17) is 0 Å². The summed E-state index contributed by atoms with van der Waals surface area (Å²) in [4.78, 5) is 2.13. The van der Waals surface area contributed by atoms with E-state index in [0.717, 1.165) is 6.54 Å². The minimum Gasteiger partial charge on any atom is -0.383 e. The molecule has 1 aromatic carbocycles. The van der Waals surface area contributed by atoms with Crippen LogP contribution >= 0.6 is 0 Å². The first-order chi connectivity index (χ1) is 6.61. The molecule has 0 spiro atoms. The van der Waals surface area contributed by atoms with Gasteiger partial charge in [0.25, 0.3) is 0 Å². The summed E-state index contributed by atoms with van der Waals surface area (Å²) in [6, 6.07) is 8.38. The Morgan fingerprint density at radius 3 is 2.43 bits per heavy atom. The molecular weight excluding hydrogens is 172 g/mol. The van der Waals surface area contributed by atoms with E-state index in [-0.39, 0.29) is 0 Å². The quantitative estimate of drug-likeness (QED) is 0.789. The number of anilines is 2. The van der Waals surface area contributed by atoms with Crippen molar-refractivity contribution in [2.75, 3.05) is 30.9 Å². The van der Waals surface area contributed by atoms with Gasteiger partial charge in [0.15, 0.2) is 0 Å². The first-order valence-corrected chi connectivity index (χ1v) is 5.11. The predicted molar refractivity (Wildman–Crippen MR) is 64.1 cm³/mol. The van der Waals surface area contributed by atoms with Crippen LogP contribution in [0.4, 0.5) is 11.4 Å². The average Bonchev–Trinajstić information content (AvgIpc) is 2.15. The molecule has 0 atom stereocenters. The zero-order chi connectivity index (χ0) is 10.6. The van der Waals surface area contributed by atoms with Crippen molar-refractivity contribution in [2.24, 2.45) is 5.92 Å².